The number of nitrogens with zero attached hydrogens (tertiary/aromatic N) is 2. The maximum Gasteiger partial charge on any atom is 0.226 e. The first-order valence-corrected chi connectivity index (χ1v) is 8.81. The molecule has 2 aromatic heterocycles. The van der Waals surface area contributed by atoms with E-state index >= 15 is 0 Å². The molecule has 3 nitrogen and oxygen atoms in total. The summed E-state index contributed by atoms with van der Waals surface area (Å²) in [6.07, 6.45) is 1.75. The van der Waals surface area contributed by atoms with Crippen LogP contribution in [0.3, 0.4) is 0 Å². The van der Waals surface area contributed by atoms with Gasteiger partial charge in [-0.1, -0.05) is 36.4 Å². The van der Waals surface area contributed by atoms with Gasteiger partial charge in [-0.3, -0.25) is 4.90 Å². The third kappa shape index (κ3) is 3.11. The van der Waals surface area contributed by atoms with Gasteiger partial charge < -0.3 is 4.42 Å². The second-order valence-electron chi connectivity index (χ2n) is 5.94. The lowest BCUT2D eigenvalue weighted by atomic mass is 10.1. The topological polar surface area (TPSA) is 29.3 Å². The number of aromatic nitrogens is 1. The van der Waals surface area contributed by atoms with Crippen LogP contribution in [0, 0.1) is 0 Å². The van der Waals surface area contributed by atoms with Crippen molar-refractivity contribution in [2.45, 2.75) is 13.1 Å². The van der Waals surface area contributed by atoms with Crippen molar-refractivity contribution in [3.8, 4) is 11.5 Å². The summed E-state index contributed by atoms with van der Waals surface area (Å²) in [5.41, 5.74) is 3.33. The predicted octanol–water partition coefficient (Wildman–Crippen LogP) is 5.19. The third-order valence-electron chi connectivity index (χ3n) is 4.01. The van der Waals surface area contributed by atoms with Crippen LogP contribution in [-0.4, -0.2) is 16.9 Å². The maximum absolute atomic E-state index is 5.62. The Balaban J connectivity index is 1.47. The summed E-state index contributed by atoms with van der Waals surface area (Å²) < 4.78 is 6.96. The van der Waals surface area contributed by atoms with Crippen molar-refractivity contribution in [2.75, 3.05) is 7.05 Å². The summed E-state index contributed by atoms with van der Waals surface area (Å²) in [4.78, 5) is 6.87. The largest absolute Gasteiger partial charge is 0.444 e. The van der Waals surface area contributed by atoms with Crippen molar-refractivity contribution in [2.24, 2.45) is 0 Å². The van der Waals surface area contributed by atoms with E-state index in [1.54, 1.807) is 17.6 Å². The molecule has 0 spiro atoms. The Morgan fingerprint density at radius 1 is 1.00 bits per heavy atom. The lowest BCUT2D eigenvalue weighted by Gasteiger charge is -2.14. The first kappa shape index (κ1) is 15.1. The number of rotatable bonds is 5. The summed E-state index contributed by atoms with van der Waals surface area (Å²) in [6.45, 7) is 1.66. The van der Waals surface area contributed by atoms with Gasteiger partial charge in [0.1, 0.15) is 6.26 Å². The highest BCUT2D eigenvalue weighted by Gasteiger charge is 2.11. The minimum atomic E-state index is 0.681. The summed E-state index contributed by atoms with van der Waals surface area (Å²) in [5, 5.41) is 3.60. The molecule has 0 saturated carbocycles. The number of hydrogen-bond acceptors (Lipinski definition) is 4. The van der Waals surface area contributed by atoms with E-state index in [-0.39, 0.29) is 0 Å². The number of benzene rings is 2. The van der Waals surface area contributed by atoms with Crippen LogP contribution in [0.2, 0.25) is 0 Å². The first-order valence-electron chi connectivity index (χ1n) is 7.93. The van der Waals surface area contributed by atoms with Gasteiger partial charge in [0.15, 0.2) is 0 Å². The molecule has 120 valence electrons. The summed E-state index contributed by atoms with van der Waals surface area (Å²) >= 11 is 1.80. The fourth-order valence-corrected chi connectivity index (χ4v) is 3.83. The molecule has 0 atom stereocenters. The van der Waals surface area contributed by atoms with Crippen LogP contribution < -0.4 is 0 Å². The van der Waals surface area contributed by atoms with Crippen LogP contribution in [0.5, 0.6) is 0 Å². The van der Waals surface area contributed by atoms with Crippen LogP contribution in [0.25, 0.3) is 21.5 Å². The maximum atomic E-state index is 5.62. The molecule has 0 aliphatic carbocycles. The van der Waals surface area contributed by atoms with Crippen molar-refractivity contribution in [3.63, 3.8) is 0 Å². The Labute approximate surface area is 145 Å². The van der Waals surface area contributed by atoms with Crippen molar-refractivity contribution in [1.82, 2.24) is 9.88 Å². The quantitative estimate of drug-likeness (QED) is 0.503. The minimum Gasteiger partial charge on any atom is -0.444 e. The normalized spacial score (nSPS) is 11.4. The van der Waals surface area contributed by atoms with Crippen molar-refractivity contribution in [3.05, 3.63) is 77.5 Å². The Morgan fingerprint density at radius 2 is 1.79 bits per heavy atom. The van der Waals surface area contributed by atoms with Gasteiger partial charge in [0.2, 0.25) is 5.89 Å². The van der Waals surface area contributed by atoms with E-state index in [2.05, 4.69) is 46.6 Å². The van der Waals surface area contributed by atoms with Gasteiger partial charge >= 0.3 is 0 Å². The zero-order valence-corrected chi connectivity index (χ0v) is 14.3. The molecule has 24 heavy (non-hydrogen) atoms. The molecule has 0 fully saturated rings. The Hall–Kier alpha value is -2.43. The van der Waals surface area contributed by atoms with Crippen LogP contribution >= 0.6 is 11.3 Å². The molecule has 0 aliphatic heterocycles. The zero-order chi connectivity index (χ0) is 16.4. The van der Waals surface area contributed by atoms with Crippen molar-refractivity contribution >= 4 is 21.4 Å². The fourth-order valence-electron chi connectivity index (χ4n) is 2.87. The Kier molecular flexibility index (Phi) is 4.15. The van der Waals surface area contributed by atoms with Gasteiger partial charge in [-0.25, -0.2) is 4.98 Å². The second-order valence-corrected chi connectivity index (χ2v) is 6.85. The van der Waals surface area contributed by atoms with Crippen LogP contribution in [0.1, 0.15) is 11.3 Å². The van der Waals surface area contributed by atoms with E-state index < -0.39 is 0 Å². The lowest BCUT2D eigenvalue weighted by Crippen LogP contribution is -2.17. The van der Waals surface area contributed by atoms with E-state index in [1.165, 1.54) is 15.6 Å². The van der Waals surface area contributed by atoms with Gasteiger partial charge in [-0.15, -0.1) is 11.3 Å². The van der Waals surface area contributed by atoms with E-state index in [9.17, 15) is 0 Å². The molecule has 4 heteroatoms. The lowest BCUT2D eigenvalue weighted by molar-refractivity contribution is 0.316. The predicted molar refractivity (Wildman–Crippen MR) is 98.9 cm³/mol. The summed E-state index contributed by atoms with van der Waals surface area (Å²) in [5.74, 6) is 0.681. The zero-order valence-electron chi connectivity index (χ0n) is 13.5. The van der Waals surface area contributed by atoms with Gasteiger partial charge in [0, 0.05) is 23.4 Å². The molecule has 0 N–H and O–H groups in total. The van der Waals surface area contributed by atoms with E-state index in [1.807, 2.05) is 30.3 Å². The molecule has 4 aromatic rings. The van der Waals surface area contributed by atoms with Crippen LogP contribution in [-0.2, 0) is 13.1 Å². The molecule has 2 aromatic carbocycles. The molecule has 0 radical (unpaired) electrons. The van der Waals surface area contributed by atoms with Gasteiger partial charge in [-0.2, -0.15) is 0 Å². The summed E-state index contributed by atoms with van der Waals surface area (Å²) in [7, 11) is 2.11. The van der Waals surface area contributed by atoms with E-state index in [0.29, 0.717) is 5.89 Å². The highest BCUT2D eigenvalue weighted by molar-refractivity contribution is 7.17. The van der Waals surface area contributed by atoms with Crippen LogP contribution in [0.4, 0.5) is 0 Å². The average Bonchev–Trinajstić information content (AvgIpc) is 3.23. The smallest absolute Gasteiger partial charge is 0.226 e. The standard InChI is InChI=1S/C20H18N2OS/c1-22(11-16-14-24-19-10-6-5-9-18(16)19)12-17-13-23-20(21-17)15-7-3-2-4-8-15/h2-10,13-14H,11-12H2,1H3. The second kappa shape index (κ2) is 6.59. The molecular formula is C20H18N2OS. The SMILES string of the molecule is CN(Cc1coc(-c2ccccc2)n1)Cc1csc2ccccc12. The molecule has 0 amide bonds. The highest BCUT2D eigenvalue weighted by Crippen LogP contribution is 2.27. The molecule has 0 unspecified atom stereocenters. The third-order valence-corrected chi connectivity index (χ3v) is 5.02. The number of oxazole rings is 1. The van der Waals surface area contributed by atoms with Crippen molar-refractivity contribution < 1.29 is 4.42 Å². The molecule has 0 saturated heterocycles. The number of hydrogen-bond donors (Lipinski definition) is 0. The minimum absolute atomic E-state index is 0.681. The molecule has 4 rings (SSSR count). The van der Waals surface area contributed by atoms with Gasteiger partial charge in [0.25, 0.3) is 0 Å². The van der Waals surface area contributed by atoms with E-state index in [4.69, 9.17) is 4.42 Å². The van der Waals surface area contributed by atoms with Gasteiger partial charge in [0.05, 0.1) is 5.69 Å². The van der Waals surface area contributed by atoms with Crippen LogP contribution in [0.15, 0.2) is 70.7 Å². The Morgan fingerprint density at radius 3 is 2.67 bits per heavy atom. The number of fused-ring (bicyclic) bond motifs is 1. The van der Waals surface area contributed by atoms with Crippen molar-refractivity contribution in [1.29, 1.82) is 0 Å². The monoisotopic (exact) mass is 334 g/mol. The average molecular weight is 334 g/mol. The first-order chi connectivity index (χ1) is 11.8. The fraction of sp³-hybridized carbons (Fsp3) is 0.150. The summed E-state index contributed by atoms with van der Waals surface area (Å²) in [6, 6.07) is 18.6. The van der Waals surface area contributed by atoms with Gasteiger partial charge in [-0.05, 0) is 41.6 Å². The molecule has 0 aliphatic rings. The molecular weight excluding hydrogens is 316 g/mol. The highest BCUT2D eigenvalue weighted by atomic mass is 32.1. The van der Waals surface area contributed by atoms with E-state index in [0.717, 1.165) is 24.3 Å². The molecule has 0 bridgehead atoms. The number of thiophene rings is 1. The molecule has 2 heterocycles. The Bertz CT molecular complexity index is 942.